The van der Waals surface area contributed by atoms with Crippen LogP contribution in [0.4, 0.5) is 0 Å². The van der Waals surface area contributed by atoms with Crippen LogP contribution >= 0.6 is 0 Å². The third-order valence-electron chi connectivity index (χ3n) is 8.97. The van der Waals surface area contributed by atoms with Gasteiger partial charge in [0.1, 0.15) is 17.6 Å². The van der Waals surface area contributed by atoms with Crippen LogP contribution in [0, 0.1) is 35.0 Å². The maximum atomic E-state index is 12.8. The van der Waals surface area contributed by atoms with Crippen molar-refractivity contribution in [2.75, 3.05) is 14.2 Å². The second kappa shape index (κ2) is 11.2. The lowest BCUT2D eigenvalue weighted by molar-refractivity contribution is -0.576. The third kappa shape index (κ3) is 5.02. The Balaban J connectivity index is 1.20. The molecule has 1 aliphatic carbocycles. The normalized spacial score (nSPS) is 36.8. The molecule has 1 spiro atoms. The first-order chi connectivity index (χ1) is 19.1. The number of hydrogen-bond donors (Lipinski definition) is 0. The maximum Gasteiger partial charge on any atom is 0.308 e. The first kappa shape index (κ1) is 28.6. The Bertz CT molecular complexity index is 1170. The molecule has 11 nitrogen and oxygen atoms in total. The number of nitriles is 1. The van der Waals surface area contributed by atoms with Crippen LogP contribution in [0.3, 0.4) is 0 Å². The number of carbonyl (C=O) groups is 2. The highest BCUT2D eigenvalue weighted by Gasteiger charge is 2.69. The van der Waals surface area contributed by atoms with Crippen LogP contribution < -0.4 is 9.47 Å². The highest BCUT2D eigenvalue weighted by atomic mass is 17.3. The van der Waals surface area contributed by atoms with Gasteiger partial charge < -0.3 is 28.4 Å². The Morgan fingerprint density at radius 2 is 1.85 bits per heavy atom. The van der Waals surface area contributed by atoms with Gasteiger partial charge in [-0.2, -0.15) is 5.26 Å². The van der Waals surface area contributed by atoms with E-state index in [1.165, 1.54) is 14.2 Å². The first-order valence-electron chi connectivity index (χ1n) is 13.8. The van der Waals surface area contributed by atoms with Gasteiger partial charge >= 0.3 is 11.9 Å². The minimum absolute atomic E-state index is 0.00808. The number of fused-ring (bicyclic) bond motifs is 2. The van der Waals surface area contributed by atoms with Gasteiger partial charge in [-0.25, -0.2) is 9.78 Å². The lowest BCUT2D eigenvalue weighted by atomic mass is 9.58. The zero-order valence-electron chi connectivity index (χ0n) is 23.5. The van der Waals surface area contributed by atoms with Gasteiger partial charge in [0, 0.05) is 29.9 Å². The van der Waals surface area contributed by atoms with E-state index in [0.29, 0.717) is 29.4 Å². The quantitative estimate of drug-likeness (QED) is 0.333. The molecule has 3 unspecified atom stereocenters. The van der Waals surface area contributed by atoms with Crippen molar-refractivity contribution in [1.82, 2.24) is 0 Å². The van der Waals surface area contributed by atoms with E-state index in [1.807, 2.05) is 19.9 Å². The second-order valence-electron chi connectivity index (χ2n) is 11.4. The number of hydrogen-bond acceptors (Lipinski definition) is 11. The number of carbonyl (C=O) groups excluding carboxylic acids is 2. The molecule has 5 fully saturated rings. The zero-order valence-corrected chi connectivity index (χ0v) is 23.5. The van der Waals surface area contributed by atoms with E-state index in [2.05, 4.69) is 6.92 Å². The molecule has 1 aromatic rings. The van der Waals surface area contributed by atoms with Crippen molar-refractivity contribution >= 4 is 11.9 Å². The van der Waals surface area contributed by atoms with Gasteiger partial charge in [0.25, 0.3) is 0 Å². The summed E-state index contributed by atoms with van der Waals surface area (Å²) in [5.41, 5.74) is -0.382. The number of methoxy groups -OCH3 is 2. The van der Waals surface area contributed by atoms with E-state index in [4.69, 9.17) is 38.2 Å². The third-order valence-corrected chi connectivity index (χ3v) is 8.97. The number of ether oxygens (including phenoxy) is 6. The molecular weight excluding hydrogens is 522 g/mol. The summed E-state index contributed by atoms with van der Waals surface area (Å²) in [6.45, 7) is 6.05. The van der Waals surface area contributed by atoms with Crippen molar-refractivity contribution in [3.8, 4) is 17.6 Å². The first-order valence-corrected chi connectivity index (χ1v) is 13.8. The fourth-order valence-corrected chi connectivity index (χ4v) is 6.78. The summed E-state index contributed by atoms with van der Waals surface area (Å²) in [5, 5.41) is 9.61. The van der Waals surface area contributed by atoms with Crippen LogP contribution in [0.15, 0.2) is 18.2 Å². The largest absolute Gasteiger partial charge is 0.497 e. The van der Waals surface area contributed by atoms with Gasteiger partial charge in [-0.3, -0.25) is 9.59 Å². The lowest BCUT2D eigenvalue weighted by Crippen LogP contribution is -2.70. The molecule has 11 heteroatoms. The van der Waals surface area contributed by atoms with Crippen LogP contribution in [0.1, 0.15) is 71.0 Å². The molecule has 0 amide bonds. The van der Waals surface area contributed by atoms with Crippen molar-refractivity contribution in [3.05, 3.63) is 23.8 Å². The summed E-state index contributed by atoms with van der Waals surface area (Å²) in [7, 11) is 2.95. The van der Waals surface area contributed by atoms with Crippen molar-refractivity contribution in [3.63, 3.8) is 0 Å². The molecule has 4 saturated heterocycles. The van der Waals surface area contributed by atoms with Gasteiger partial charge in [0.2, 0.25) is 18.2 Å². The summed E-state index contributed by atoms with van der Waals surface area (Å²) in [6.07, 6.45) is 0.173. The van der Waals surface area contributed by atoms with E-state index in [0.717, 1.165) is 19.3 Å². The molecule has 1 aromatic carbocycles. The lowest BCUT2D eigenvalue weighted by Gasteiger charge is -2.59. The standard InChI is InChI=1S/C29H37NO10/c1-16-6-9-21-17(2)26(37-27-29(21)20(16)12-13-28(3,38-27)39-40-29)36-25(32)11-10-24(31)35-23(15-30)19-8-7-18(33-4)14-22(19)34-5/h7-8,14,16-17,20-21,23,26-27H,6,9-13H2,1-5H3/t16-,17-,20?,21?,23?,26-,27-,28+,29-/m1/s1. The molecule has 9 atom stereocenters. The van der Waals surface area contributed by atoms with Crippen LogP contribution in [0.5, 0.6) is 11.5 Å². The topological polar surface area (TPSA) is 132 Å². The smallest absolute Gasteiger partial charge is 0.308 e. The summed E-state index contributed by atoms with van der Waals surface area (Å²) in [4.78, 5) is 37.3. The number of rotatable bonds is 8. The average Bonchev–Trinajstić information content (AvgIpc) is 3.18. The molecule has 0 N–H and O–H groups in total. The van der Waals surface area contributed by atoms with E-state index in [1.54, 1.807) is 18.2 Å². The minimum atomic E-state index is -1.21. The summed E-state index contributed by atoms with van der Waals surface area (Å²) in [5.74, 6) is -0.931. The molecule has 4 heterocycles. The van der Waals surface area contributed by atoms with E-state index < -0.39 is 42.0 Å². The fraction of sp³-hybridized carbons (Fsp3) is 0.690. The Morgan fingerprint density at radius 3 is 2.58 bits per heavy atom. The highest BCUT2D eigenvalue weighted by molar-refractivity contribution is 5.78. The second-order valence-corrected chi connectivity index (χ2v) is 11.4. The molecule has 2 bridgehead atoms. The Kier molecular flexibility index (Phi) is 7.99. The highest BCUT2D eigenvalue weighted by Crippen LogP contribution is 2.60. The average molecular weight is 560 g/mol. The maximum absolute atomic E-state index is 12.8. The van der Waals surface area contributed by atoms with Gasteiger partial charge in [0.15, 0.2) is 11.9 Å². The number of benzene rings is 1. The van der Waals surface area contributed by atoms with Gasteiger partial charge in [-0.1, -0.05) is 13.8 Å². The van der Waals surface area contributed by atoms with E-state index in [-0.39, 0.29) is 30.6 Å². The zero-order chi connectivity index (χ0) is 28.7. The Hall–Kier alpha value is -2.91. The predicted octanol–water partition coefficient (Wildman–Crippen LogP) is 4.34. The molecule has 218 valence electrons. The number of esters is 2. The van der Waals surface area contributed by atoms with Crippen LogP contribution in [0.25, 0.3) is 0 Å². The molecule has 1 saturated carbocycles. The molecule has 4 aliphatic heterocycles. The molecule has 5 aliphatic rings. The SMILES string of the molecule is COc1ccc(C(C#N)OC(=O)CCC(=O)O[C@@H]2O[C@@H]3O[C@]4(C)CCC5[C@H](C)CCC([C@H]2C)[C@]53OO4)c(OC)c1. The van der Waals surface area contributed by atoms with Crippen LogP contribution in [-0.2, 0) is 38.3 Å². The Labute approximate surface area is 233 Å². The Morgan fingerprint density at radius 1 is 1.07 bits per heavy atom. The fourth-order valence-electron chi connectivity index (χ4n) is 6.78. The van der Waals surface area contributed by atoms with Crippen molar-refractivity contribution < 1.29 is 47.8 Å². The van der Waals surface area contributed by atoms with Crippen molar-refractivity contribution in [2.24, 2.45) is 23.7 Å². The summed E-state index contributed by atoms with van der Waals surface area (Å²) in [6, 6.07) is 6.78. The van der Waals surface area contributed by atoms with Gasteiger partial charge in [0.05, 0.1) is 27.1 Å². The molecule has 40 heavy (non-hydrogen) atoms. The summed E-state index contributed by atoms with van der Waals surface area (Å²) < 4.78 is 34.1. The van der Waals surface area contributed by atoms with Crippen molar-refractivity contribution in [1.29, 1.82) is 5.26 Å². The number of nitrogens with zero attached hydrogens (tertiary/aromatic N) is 1. The van der Waals surface area contributed by atoms with Gasteiger partial charge in [-0.05, 0) is 50.2 Å². The van der Waals surface area contributed by atoms with Crippen LogP contribution in [-0.4, -0.2) is 50.1 Å². The van der Waals surface area contributed by atoms with E-state index >= 15 is 0 Å². The monoisotopic (exact) mass is 559 g/mol. The van der Waals surface area contributed by atoms with Gasteiger partial charge in [-0.15, -0.1) is 0 Å². The van der Waals surface area contributed by atoms with Crippen LogP contribution in [0.2, 0.25) is 0 Å². The van der Waals surface area contributed by atoms with E-state index in [9.17, 15) is 14.9 Å². The summed E-state index contributed by atoms with van der Waals surface area (Å²) >= 11 is 0. The molecule has 0 radical (unpaired) electrons. The van der Waals surface area contributed by atoms with Crippen molar-refractivity contribution in [2.45, 2.75) is 89.4 Å². The predicted molar refractivity (Wildman–Crippen MR) is 136 cm³/mol. The molecule has 6 rings (SSSR count). The molecule has 0 aromatic heterocycles. The minimum Gasteiger partial charge on any atom is -0.497 e. The molecular formula is C29H37NO10.